The van der Waals surface area contributed by atoms with E-state index in [0.29, 0.717) is 35.8 Å². The molecular weight excluding hydrogens is 495 g/mol. The third-order valence-corrected chi connectivity index (χ3v) is 7.36. The molecule has 1 aromatic carbocycles. The van der Waals surface area contributed by atoms with Crippen LogP contribution >= 0.6 is 11.3 Å². The van der Waals surface area contributed by atoms with E-state index in [-0.39, 0.29) is 37.2 Å². The highest BCUT2D eigenvalue weighted by molar-refractivity contribution is 7.12. The van der Waals surface area contributed by atoms with Crippen LogP contribution in [0, 0.1) is 5.82 Å². The van der Waals surface area contributed by atoms with Crippen molar-refractivity contribution in [1.29, 1.82) is 0 Å². The van der Waals surface area contributed by atoms with Crippen LogP contribution in [0.3, 0.4) is 0 Å². The summed E-state index contributed by atoms with van der Waals surface area (Å²) in [6, 6.07) is 8.18. The zero-order valence-corrected chi connectivity index (χ0v) is 21.8. The molecule has 0 saturated carbocycles. The van der Waals surface area contributed by atoms with Gasteiger partial charge in [0.05, 0.1) is 23.1 Å². The Morgan fingerprint density at radius 1 is 1.27 bits per heavy atom. The van der Waals surface area contributed by atoms with Gasteiger partial charge in [-0.2, -0.15) is 0 Å². The van der Waals surface area contributed by atoms with Crippen molar-refractivity contribution < 1.29 is 23.5 Å². The molecule has 3 amide bonds. The lowest BCUT2D eigenvalue weighted by atomic mass is 9.94. The topological polar surface area (TPSA) is 82.2 Å². The summed E-state index contributed by atoms with van der Waals surface area (Å²) in [7, 11) is 0. The van der Waals surface area contributed by atoms with Gasteiger partial charge >= 0.3 is 12.0 Å². The molecule has 0 spiro atoms. The Balaban J connectivity index is 1.67. The van der Waals surface area contributed by atoms with Gasteiger partial charge in [-0.1, -0.05) is 24.3 Å². The number of hydrogen-bond acceptors (Lipinski definition) is 6. The van der Waals surface area contributed by atoms with Crippen LogP contribution < -0.4 is 5.32 Å². The van der Waals surface area contributed by atoms with Gasteiger partial charge in [-0.05, 0) is 43.0 Å². The smallest absolute Gasteiger partial charge is 0.338 e. The second-order valence-corrected chi connectivity index (χ2v) is 9.93. The summed E-state index contributed by atoms with van der Waals surface area (Å²) in [5.74, 6) is -1.03. The molecule has 2 aliphatic rings. The quantitative estimate of drug-likeness (QED) is 0.418. The van der Waals surface area contributed by atoms with Crippen LogP contribution in [-0.4, -0.2) is 78.0 Å². The maximum absolute atomic E-state index is 14.1. The van der Waals surface area contributed by atoms with E-state index < -0.39 is 23.9 Å². The molecule has 8 nitrogen and oxygen atoms in total. The van der Waals surface area contributed by atoms with Crippen molar-refractivity contribution in [3.8, 4) is 0 Å². The highest BCUT2D eigenvalue weighted by atomic mass is 32.1. The molecule has 2 aromatic rings. The van der Waals surface area contributed by atoms with Crippen molar-refractivity contribution in [2.45, 2.75) is 25.9 Å². The predicted octanol–water partition coefficient (Wildman–Crippen LogP) is 3.80. The number of piperazine rings is 1. The number of halogens is 1. The van der Waals surface area contributed by atoms with Crippen LogP contribution in [0.2, 0.25) is 0 Å². The third-order valence-electron chi connectivity index (χ3n) is 6.51. The lowest BCUT2D eigenvalue weighted by molar-refractivity contribution is -0.139. The molecule has 0 radical (unpaired) electrons. The van der Waals surface area contributed by atoms with Crippen LogP contribution in [0.4, 0.5) is 9.18 Å². The van der Waals surface area contributed by atoms with E-state index in [9.17, 15) is 18.8 Å². The number of thiophene rings is 1. The summed E-state index contributed by atoms with van der Waals surface area (Å²) < 4.78 is 19.5. The summed E-state index contributed by atoms with van der Waals surface area (Å²) in [4.78, 5) is 45.5. The first kappa shape index (κ1) is 26.6. The van der Waals surface area contributed by atoms with Gasteiger partial charge in [-0.15, -0.1) is 17.9 Å². The number of benzene rings is 1. The Bertz CT molecular complexity index is 1200. The molecule has 0 bridgehead atoms. The highest BCUT2D eigenvalue weighted by Crippen LogP contribution is 2.33. The Kier molecular flexibility index (Phi) is 8.40. The Morgan fingerprint density at radius 3 is 2.73 bits per heavy atom. The first-order valence-corrected chi connectivity index (χ1v) is 13.1. The van der Waals surface area contributed by atoms with Crippen LogP contribution in [0.5, 0.6) is 0 Å². The van der Waals surface area contributed by atoms with E-state index in [2.05, 4.69) is 16.8 Å². The van der Waals surface area contributed by atoms with Crippen molar-refractivity contribution >= 4 is 29.2 Å². The number of hydrogen-bond donors (Lipinski definition) is 1. The predicted molar refractivity (Wildman–Crippen MR) is 139 cm³/mol. The van der Waals surface area contributed by atoms with Gasteiger partial charge in [-0.25, -0.2) is 14.0 Å². The molecule has 1 saturated heterocycles. The second kappa shape index (κ2) is 11.7. The van der Waals surface area contributed by atoms with Gasteiger partial charge in [-0.3, -0.25) is 14.6 Å². The molecule has 1 fully saturated rings. The average molecular weight is 527 g/mol. The highest BCUT2D eigenvalue weighted by Gasteiger charge is 2.39. The van der Waals surface area contributed by atoms with Crippen molar-refractivity contribution in [2.24, 2.45) is 0 Å². The minimum absolute atomic E-state index is 0.00470. The molecule has 2 atom stereocenters. The van der Waals surface area contributed by atoms with E-state index in [1.807, 2.05) is 29.3 Å². The largest absolute Gasteiger partial charge is 0.463 e. The van der Waals surface area contributed by atoms with E-state index in [4.69, 9.17) is 4.74 Å². The number of amides is 3. The Labute approximate surface area is 220 Å². The number of ether oxygens (including phenoxy) is 1. The minimum Gasteiger partial charge on any atom is -0.463 e. The summed E-state index contributed by atoms with van der Waals surface area (Å²) >= 11 is 1.42. The summed E-state index contributed by atoms with van der Waals surface area (Å²) in [6.45, 7) is 9.73. The van der Waals surface area contributed by atoms with E-state index >= 15 is 0 Å². The van der Waals surface area contributed by atoms with Crippen molar-refractivity contribution in [1.82, 2.24) is 20.0 Å². The summed E-state index contributed by atoms with van der Waals surface area (Å²) in [5.41, 5.74) is 1.20. The fourth-order valence-corrected chi connectivity index (χ4v) is 5.49. The van der Waals surface area contributed by atoms with Gasteiger partial charge in [0.2, 0.25) is 0 Å². The fraction of sp³-hybridized carbons (Fsp3) is 0.370. The first-order valence-electron chi connectivity index (χ1n) is 12.2. The van der Waals surface area contributed by atoms with E-state index in [1.165, 1.54) is 28.4 Å². The van der Waals surface area contributed by atoms with Gasteiger partial charge in [0, 0.05) is 44.5 Å². The van der Waals surface area contributed by atoms with Crippen LogP contribution in [-0.2, 0) is 9.53 Å². The van der Waals surface area contributed by atoms with E-state index in [1.54, 1.807) is 25.1 Å². The van der Waals surface area contributed by atoms with Crippen LogP contribution in [0.1, 0.15) is 35.1 Å². The van der Waals surface area contributed by atoms with Gasteiger partial charge in [0.1, 0.15) is 5.82 Å². The SMILES string of the molecule is C=CCN1C(=O)N[C@@H](c2cccc(F)c2)C(C(=O)OCC)=C1CN1CCN(C(=O)c2cccs2)[C@@H](C)C1. The standard InChI is InChI=1S/C27H31FN4O4S/c1-4-11-32-21(17-30-12-13-31(18(3)16-30)25(33)22-10-7-14-37-22)23(26(34)36-5-2)24(29-27(32)35)19-8-6-9-20(28)15-19/h4,6-10,14-15,18,24H,1,5,11-13,16-17H2,2-3H3,(H,29,35)/t18-,24-/m0/s1. The fourth-order valence-electron chi connectivity index (χ4n) is 4.81. The maximum atomic E-state index is 14.1. The third kappa shape index (κ3) is 5.75. The molecule has 37 heavy (non-hydrogen) atoms. The minimum atomic E-state index is -0.863. The lowest BCUT2D eigenvalue weighted by Crippen LogP contribution is -2.56. The zero-order valence-electron chi connectivity index (χ0n) is 21.0. The molecule has 3 heterocycles. The maximum Gasteiger partial charge on any atom is 0.338 e. The molecule has 0 aliphatic carbocycles. The van der Waals surface area contributed by atoms with Crippen molar-refractivity contribution in [2.75, 3.05) is 39.3 Å². The number of esters is 1. The molecule has 10 heteroatoms. The zero-order chi connectivity index (χ0) is 26.5. The Morgan fingerprint density at radius 2 is 2.08 bits per heavy atom. The van der Waals surface area contributed by atoms with Crippen molar-refractivity contribution in [3.63, 3.8) is 0 Å². The van der Waals surface area contributed by atoms with Gasteiger partial charge in [0.15, 0.2) is 0 Å². The van der Waals surface area contributed by atoms with E-state index in [0.717, 1.165) is 0 Å². The Hall–Kier alpha value is -3.50. The van der Waals surface area contributed by atoms with Gasteiger partial charge < -0.3 is 15.0 Å². The number of carbonyl (C=O) groups excluding carboxylic acids is 3. The number of rotatable bonds is 8. The monoisotopic (exact) mass is 526 g/mol. The normalized spacial score (nSPS) is 20.6. The number of carbonyl (C=O) groups is 3. The average Bonchev–Trinajstić information content (AvgIpc) is 3.41. The summed E-state index contributed by atoms with van der Waals surface area (Å²) in [6.07, 6.45) is 1.59. The second-order valence-electron chi connectivity index (χ2n) is 8.98. The first-order chi connectivity index (χ1) is 17.8. The molecule has 0 unspecified atom stereocenters. The van der Waals surface area contributed by atoms with Gasteiger partial charge in [0.25, 0.3) is 5.91 Å². The number of nitrogens with one attached hydrogen (secondary N) is 1. The molecular formula is C27H31FN4O4S. The number of urea groups is 1. The lowest BCUT2D eigenvalue weighted by Gasteiger charge is -2.42. The molecule has 1 aromatic heterocycles. The summed E-state index contributed by atoms with van der Waals surface area (Å²) in [5, 5.41) is 4.73. The molecule has 4 rings (SSSR count). The van der Waals surface area contributed by atoms with Crippen LogP contribution in [0.25, 0.3) is 0 Å². The number of nitrogens with zero attached hydrogens (tertiary/aromatic N) is 3. The van der Waals surface area contributed by atoms with Crippen molar-refractivity contribution in [3.05, 3.63) is 82.0 Å². The molecule has 1 N–H and O–H groups in total. The van der Waals surface area contributed by atoms with Crippen LogP contribution in [0.15, 0.2) is 65.7 Å². The molecule has 2 aliphatic heterocycles. The molecule has 196 valence electrons.